The van der Waals surface area contributed by atoms with Gasteiger partial charge in [-0.2, -0.15) is 0 Å². The molecule has 0 unspecified atom stereocenters. The molecule has 0 atom stereocenters. The van der Waals surface area contributed by atoms with Gasteiger partial charge in [-0.1, -0.05) is 0 Å². The van der Waals surface area contributed by atoms with Crippen molar-refractivity contribution in [3.8, 4) is 0 Å². The van der Waals surface area contributed by atoms with Crippen molar-refractivity contribution in [1.82, 2.24) is 4.98 Å². The maximum atomic E-state index is 12.3. The number of rotatable bonds is 2. The third kappa shape index (κ3) is 2.06. The summed E-state index contributed by atoms with van der Waals surface area (Å²) in [5, 5.41) is 8.64. The monoisotopic (exact) mass is 265 g/mol. The predicted octanol–water partition coefficient (Wildman–Crippen LogP) is 2.79. The second-order valence-electron chi connectivity index (χ2n) is 2.60. The lowest BCUT2D eigenvalue weighted by molar-refractivity contribution is 0.0688. The van der Waals surface area contributed by atoms with Crippen LogP contribution in [0.5, 0.6) is 0 Å². The highest BCUT2D eigenvalue weighted by Gasteiger charge is 2.17. The van der Waals surface area contributed by atoms with Crippen LogP contribution in [-0.4, -0.2) is 16.1 Å². The minimum atomic E-state index is -2.65. The van der Waals surface area contributed by atoms with Gasteiger partial charge in [-0.3, -0.25) is 0 Å². The number of aromatic carboxylic acids is 1. The van der Waals surface area contributed by atoms with Crippen LogP contribution in [0.15, 0.2) is 10.5 Å². The molecule has 1 heterocycles. The molecule has 0 amide bonds. The van der Waals surface area contributed by atoms with Crippen LogP contribution in [0.2, 0.25) is 0 Å². The van der Waals surface area contributed by atoms with Crippen molar-refractivity contribution >= 4 is 21.9 Å². The highest BCUT2D eigenvalue weighted by Crippen LogP contribution is 2.26. The lowest BCUT2D eigenvalue weighted by atomic mass is 10.2. The van der Waals surface area contributed by atoms with Gasteiger partial charge in [-0.15, -0.1) is 0 Å². The largest absolute Gasteiger partial charge is 0.476 e. The fourth-order valence-corrected chi connectivity index (χ4v) is 1.47. The van der Waals surface area contributed by atoms with E-state index in [1.807, 2.05) is 0 Å². The topological polar surface area (TPSA) is 50.2 Å². The number of hydrogen-bond acceptors (Lipinski definition) is 2. The van der Waals surface area contributed by atoms with Gasteiger partial charge < -0.3 is 5.11 Å². The summed E-state index contributed by atoms with van der Waals surface area (Å²) >= 11 is 2.87. The number of carbonyl (C=O) groups is 1. The lowest BCUT2D eigenvalue weighted by Crippen LogP contribution is -2.05. The zero-order valence-electron chi connectivity index (χ0n) is 7.09. The molecule has 1 rings (SSSR count). The normalized spacial score (nSPS) is 10.6. The molecule has 0 aliphatic heterocycles. The second-order valence-corrected chi connectivity index (χ2v) is 3.45. The van der Waals surface area contributed by atoms with E-state index in [1.54, 1.807) is 0 Å². The number of aromatic nitrogens is 1. The van der Waals surface area contributed by atoms with E-state index in [1.165, 1.54) is 6.92 Å². The molecule has 0 aliphatic carbocycles. The van der Waals surface area contributed by atoms with Crippen LogP contribution in [0.4, 0.5) is 8.78 Å². The van der Waals surface area contributed by atoms with Gasteiger partial charge >= 0.3 is 5.97 Å². The van der Waals surface area contributed by atoms with Crippen LogP contribution in [0.3, 0.4) is 0 Å². The Balaban J connectivity index is 3.31. The van der Waals surface area contributed by atoms with Crippen molar-refractivity contribution in [2.24, 2.45) is 0 Å². The molecule has 0 radical (unpaired) electrons. The third-order valence-electron chi connectivity index (χ3n) is 1.64. The summed E-state index contributed by atoms with van der Waals surface area (Å²) in [4.78, 5) is 14.1. The summed E-state index contributed by atoms with van der Waals surface area (Å²) in [6.45, 7) is 1.35. The lowest BCUT2D eigenvalue weighted by Gasteiger charge is -2.06. The van der Waals surface area contributed by atoms with Crippen LogP contribution in [0.1, 0.15) is 28.2 Å². The maximum absolute atomic E-state index is 12.3. The highest BCUT2D eigenvalue weighted by molar-refractivity contribution is 9.10. The average Bonchev–Trinajstić information content (AvgIpc) is 2.07. The van der Waals surface area contributed by atoms with E-state index in [-0.39, 0.29) is 21.4 Å². The van der Waals surface area contributed by atoms with Crippen molar-refractivity contribution in [3.05, 3.63) is 27.5 Å². The standard InChI is InChI=1S/C8H6BrF2NO2/c1-3-4(7(10)11)2-5(9)6(12-3)8(13)14/h2,7H,1H3,(H,13,14). The Hall–Kier alpha value is -1.04. The van der Waals surface area contributed by atoms with Crippen LogP contribution >= 0.6 is 15.9 Å². The number of nitrogens with zero attached hydrogens (tertiary/aromatic N) is 1. The van der Waals surface area contributed by atoms with Crippen molar-refractivity contribution in [1.29, 1.82) is 0 Å². The molecule has 14 heavy (non-hydrogen) atoms. The maximum Gasteiger partial charge on any atom is 0.355 e. The van der Waals surface area contributed by atoms with E-state index in [4.69, 9.17) is 5.11 Å². The zero-order valence-corrected chi connectivity index (χ0v) is 8.68. The third-order valence-corrected chi connectivity index (χ3v) is 2.25. The first-order chi connectivity index (χ1) is 6.43. The first-order valence-electron chi connectivity index (χ1n) is 3.62. The summed E-state index contributed by atoms with van der Waals surface area (Å²) in [5.41, 5.74) is -0.491. The number of pyridine rings is 1. The Labute approximate surface area is 86.9 Å². The number of halogens is 3. The minimum absolute atomic E-state index is 0.0283. The van der Waals surface area contributed by atoms with Gasteiger partial charge in [0.2, 0.25) is 0 Å². The Morgan fingerprint density at radius 2 is 2.21 bits per heavy atom. The molecule has 0 aliphatic rings. The van der Waals surface area contributed by atoms with E-state index < -0.39 is 12.4 Å². The number of alkyl halides is 2. The first kappa shape index (κ1) is 11.0. The molecule has 0 aromatic carbocycles. The van der Waals surface area contributed by atoms with Gasteiger partial charge in [0.25, 0.3) is 6.43 Å². The SMILES string of the molecule is Cc1nc(C(=O)O)c(Br)cc1C(F)F. The van der Waals surface area contributed by atoms with Crippen LogP contribution in [0.25, 0.3) is 0 Å². The Bertz CT molecular complexity index is 382. The number of carboxylic acid groups (broad SMARTS) is 1. The summed E-state index contributed by atoms with van der Waals surface area (Å²) in [6.07, 6.45) is -2.65. The summed E-state index contributed by atoms with van der Waals surface area (Å²) in [5.74, 6) is -1.25. The van der Waals surface area contributed by atoms with E-state index in [0.29, 0.717) is 0 Å². The molecular formula is C8H6BrF2NO2. The van der Waals surface area contributed by atoms with Crippen molar-refractivity contribution in [2.75, 3.05) is 0 Å². The van der Waals surface area contributed by atoms with Gasteiger partial charge in [0, 0.05) is 11.3 Å². The summed E-state index contributed by atoms with van der Waals surface area (Å²) in [7, 11) is 0. The van der Waals surface area contributed by atoms with Crippen LogP contribution in [-0.2, 0) is 0 Å². The molecule has 1 aromatic rings. The number of hydrogen-bond donors (Lipinski definition) is 1. The predicted molar refractivity (Wildman–Crippen MR) is 48.6 cm³/mol. The molecule has 1 aromatic heterocycles. The molecule has 76 valence electrons. The molecule has 0 saturated carbocycles. The molecule has 1 N–H and O–H groups in total. The second kappa shape index (κ2) is 4.00. The van der Waals surface area contributed by atoms with Crippen molar-refractivity contribution < 1.29 is 18.7 Å². The summed E-state index contributed by atoms with van der Waals surface area (Å²) in [6, 6.07) is 1.08. The highest BCUT2D eigenvalue weighted by atomic mass is 79.9. The van der Waals surface area contributed by atoms with Gasteiger partial charge in [0.15, 0.2) is 5.69 Å². The molecule has 0 spiro atoms. The molecule has 0 bridgehead atoms. The van der Waals surface area contributed by atoms with Crippen molar-refractivity contribution in [3.63, 3.8) is 0 Å². The van der Waals surface area contributed by atoms with E-state index in [2.05, 4.69) is 20.9 Å². The van der Waals surface area contributed by atoms with E-state index in [9.17, 15) is 13.6 Å². The van der Waals surface area contributed by atoms with E-state index in [0.717, 1.165) is 6.07 Å². The Kier molecular flexibility index (Phi) is 3.15. The zero-order chi connectivity index (χ0) is 10.9. The van der Waals surface area contributed by atoms with Gasteiger partial charge in [-0.25, -0.2) is 18.6 Å². The Morgan fingerprint density at radius 1 is 1.64 bits per heavy atom. The van der Waals surface area contributed by atoms with Gasteiger partial charge in [0.1, 0.15) is 0 Å². The van der Waals surface area contributed by atoms with Gasteiger partial charge in [0.05, 0.1) is 4.47 Å². The number of carboxylic acids is 1. The molecular weight excluding hydrogens is 260 g/mol. The smallest absolute Gasteiger partial charge is 0.355 e. The quantitative estimate of drug-likeness (QED) is 0.895. The fraction of sp³-hybridized carbons (Fsp3) is 0.250. The molecule has 3 nitrogen and oxygen atoms in total. The number of aryl methyl sites for hydroxylation is 1. The van der Waals surface area contributed by atoms with Crippen LogP contribution in [0, 0.1) is 6.92 Å². The summed E-state index contributed by atoms with van der Waals surface area (Å²) < 4.78 is 24.7. The molecule has 0 fully saturated rings. The van der Waals surface area contributed by atoms with Crippen molar-refractivity contribution in [2.45, 2.75) is 13.3 Å². The fourth-order valence-electron chi connectivity index (χ4n) is 0.966. The first-order valence-corrected chi connectivity index (χ1v) is 4.41. The van der Waals surface area contributed by atoms with Crippen LogP contribution < -0.4 is 0 Å². The molecule has 0 saturated heterocycles. The van der Waals surface area contributed by atoms with E-state index >= 15 is 0 Å². The Morgan fingerprint density at radius 3 is 2.64 bits per heavy atom. The average molecular weight is 266 g/mol. The van der Waals surface area contributed by atoms with Gasteiger partial charge in [-0.05, 0) is 28.9 Å². The molecule has 6 heteroatoms. The minimum Gasteiger partial charge on any atom is -0.476 e.